The number of imide groups is 1. The molecule has 0 bridgehead atoms. The van der Waals surface area contributed by atoms with Gasteiger partial charge in [-0.25, -0.2) is 9.29 Å². The van der Waals surface area contributed by atoms with Crippen LogP contribution in [0.4, 0.5) is 4.39 Å². The Labute approximate surface area is 263 Å². The predicted octanol–water partition coefficient (Wildman–Crippen LogP) is -6.16. The third-order valence-electron chi connectivity index (χ3n) is 8.03. The zero-order valence-corrected chi connectivity index (χ0v) is 23.4. The van der Waals surface area contributed by atoms with E-state index in [1.807, 2.05) is 0 Å². The number of nitrogens with zero attached hydrogens (tertiary/aromatic N) is 2. The normalized spacial score (nSPS) is 29.7. The molecule has 3 atom stereocenters. The maximum absolute atomic E-state index is 15.2. The number of piperidine rings is 1. The maximum Gasteiger partial charge on any atom is 0.355 e. The van der Waals surface area contributed by atoms with Gasteiger partial charge < -0.3 is 50.5 Å². The quantitative estimate of drug-likeness (QED) is 0.0815. The lowest BCUT2D eigenvalue weighted by atomic mass is 9.53. The maximum atomic E-state index is 15.2. The molecule has 16 nitrogen and oxygen atoms in total. The summed E-state index contributed by atoms with van der Waals surface area (Å²) in [6.07, 6.45) is 0. The van der Waals surface area contributed by atoms with Gasteiger partial charge in [-0.05, 0) is 23.8 Å². The summed E-state index contributed by atoms with van der Waals surface area (Å²) >= 11 is 0. The van der Waals surface area contributed by atoms with E-state index in [2.05, 4.69) is 4.74 Å². The van der Waals surface area contributed by atoms with Gasteiger partial charge in [0.05, 0.1) is 27.7 Å². The van der Waals surface area contributed by atoms with Crippen molar-refractivity contribution in [3.05, 3.63) is 64.5 Å². The van der Waals surface area contributed by atoms with Gasteiger partial charge in [0.25, 0.3) is 23.7 Å². The molecule has 2 fully saturated rings. The van der Waals surface area contributed by atoms with Gasteiger partial charge in [-0.15, -0.1) is 0 Å². The lowest BCUT2D eigenvalue weighted by molar-refractivity contribution is -0.597. The summed E-state index contributed by atoms with van der Waals surface area (Å²) in [6, 6.07) is 5.39. The summed E-state index contributed by atoms with van der Waals surface area (Å²) in [5.41, 5.74) is -6.30. The Morgan fingerprint density at radius 2 is 1.61 bits per heavy atom. The summed E-state index contributed by atoms with van der Waals surface area (Å²) in [6.45, 7) is -1.78. The molecule has 3 aliphatic rings. The average molecular weight is 635 g/mol. The lowest BCUT2D eigenvalue weighted by Crippen LogP contribution is -2.84. The van der Waals surface area contributed by atoms with Crippen LogP contribution in [0.25, 0.3) is 0 Å². The first-order chi connectivity index (χ1) is 21.0. The van der Waals surface area contributed by atoms with Crippen LogP contribution in [0.5, 0.6) is 5.75 Å². The van der Waals surface area contributed by atoms with Crippen molar-refractivity contribution in [1.29, 1.82) is 0 Å². The number of hydrogen-bond donors (Lipinski definition) is 9. The lowest BCUT2D eigenvalue weighted by Gasteiger charge is -2.59. The molecule has 234 valence electrons. The number of fused-ring (bicyclic) bond motifs is 1. The van der Waals surface area contributed by atoms with Crippen LogP contribution in [-0.2, 0) is 34.0 Å². The van der Waals surface area contributed by atoms with E-state index in [1.165, 1.54) is 30.3 Å². The fourth-order valence-electron chi connectivity index (χ4n) is 5.26. The van der Waals surface area contributed by atoms with Gasteiger partial charge in [0, 0.05) is 28.6 Å². The van der Waals surface area contributed by atoms with E-state index < -0.39 is 83.5 Å². The molecule has 2 aromatic carbocycles. The number of nitrogens with one attached hydrogen (secondary N) is 1. The number of benzene rings is 2. The second kappa shape index (κ2) is 10.6. The highest BCUT2D eigenvalue weighted by Crippen LogP contribution is 2.42. The molecule has 2 aromatic rings. The number of rotatable bonds is 6. The molecular formula is C25H22B4FN3O13. The van der Waals surface area contributed by atoms with E-state index in [9.17, 15) is 55.2 Å². The fourth-order valence-corrected chi connectivity index (χ4v) is 5.26. The summed E-state index contributed by atoms with van der Waals surface area (Å²) in [5, 5.41) is 79.7. The van der Waals surface area contributed by atoms with Gasteiger partial charge in [-0.3, -0.25) is 24.4 Å². The zero-order chi connectivity index (χ0) is 34.4. The van der Waals surface area contributed by atoms with E-state index in [0.717, 1.165) is 11.0 Å². The second-order valence-electron chi connectivity index (χ2n) is 11.1. The third kappa shape index (κ3) is 4.94. The smallest absolute Gasteiger partial charge is 0.355 e. The van der Waals surface area contributed by atoms with Gasteiger partial charge in [0.1, 0.15) is 45.4 Å². The molecule has 9 N–H and O–H groups in total. The van der Waals surface area contributed by atoms with E-state index in [0.29, 0.717) is 0 Å². The molecule has 5 rings (SSSR count). The molecule has 46 heavy (non-hydrogen) atoms. The zero-order valence-electron chi connectivity index (χ0n) is 23.4. The summed E-state index contributed by atoms with van der Waals surface area (Å²) < 4.78 is 24.9. The number of morpholine rings is 1. The van der Waals surface area contributed by atoms with Crippen LogP contribution in [0, 0.1) is 5.82 Å². The van der Waals surface area contributed by atoms with Crippen molar-refractivity contribution in [2.45, 2.75) is 59.9 Å². The number of halogens is 1. The van der Waals surface area contributed by atoms with Crippen molar-refractivity contribution in [3.63, 3.8) is 0 Å². The van der Waals surface area contributed by atoms with Crippen LogP contribution >= 0.6 is 0 Å². The summed E-state index contributed by atoms with van der Waals surface area (Å²) in [5.74, 6) is -16.0. The number of ether oxygens (including phenoxy) is 2. The molecule has 0 aromatic heterocycles. The van der Waals surface area contributed by atoms with Crippen LogP contribution in [0.3, 0.4) is 0 Å². The fraction of sp³-hybridized carbons (Fsp3) is 0.400. The SMILES string of the molecule is [B]C1(O)C(=O)NC(=O)C(N2Cc3c(OCc4ccc(CN5C([B])([B])C(O)(O)OC(O)(O)C5(O)O)cc4F)cccc3C2=O)C1([B])O. The van der Waals surface area contributed by atoms with Gasteiger partial charge >= 0.3 is 11.9 Å². The van der Waals surface area contributed by atoms with E-state index >= 15 is 4.39 Å². The van der Waals surface area contributed by atoms with Crippen LogP contribution in [0.1, 0.15) is 27.0 Å². The van der Waals surface area contributed by atoms with Crippen molar-refractivity contribution >= 4 is 49.1 Å². The Balaban J connectivity index is 1.35. The van der Waals surface area contributed by atoms with Crippen LogP contribution in [-0.4, -0.2) is 140 Å². The van der Waals surface area contributed by atoms with E-state index in [4.69, 9.17) is 36.1 Å². The number of amides is 3. The highest BCUT2D eigenvalue weighted by Gasteiger charge is 2.69. The van der Waals surface area contributed by atoms with Gasteiger partial charge in [0.15, 0.2) is 0 Å². The minimum Gasteiger partial charge on any atom is -0.488 e. The Kier molecular flexibility index (Phi) is 7.81. The monoisotopic (exact) mass is 635 g/mol. The topological polar surface area (TPSA) is 250 Å². The second-order valence-corrected chi connectivity index (χ2v) is 11.1. The van der Waals surface area contributed by atoms with E-state index in [-0.39, 0.29) is 32.9 Å². The first kappa shape index (κ1) is 34.0. The Morgan fingerprint density at radius 1 is 0.957 bits per heavy atom. The summed E-state index contributed by atoms with van der Waals surface area (Å²) in [4.78, 5) is 38.6. The predicted molar refractivity (Wildman–Crippen MR) is 148 cm³/mol. The Bertz CT molecular complexity index is 1610. The highest BCUT2D eigenvalue weighted by atomic mass is 19.1. The Hall–Kier alpha value is -3.36. The van der Waals surface area contributed by atoms with Crippen molar-refractivity contribution in [2.24, 2.45) is 0 Å². The molecule has 3 heterocycles. The number of carbonyl (C=O) groups is 3. The minimum absolute atomic E-state index is 0.00359. The number of carbonyl (C=O) groups excluding carboxylic acids is 3. The van der Waals surface area contributed by atoms with Gasteiger partial charge in [-0.1, -0.05) is 18.2 Å². The molecule has 3 unspecified atom stereocenters. The van der Waals surface area contributed by atoms with E-state index in [1.54, 1.807) is 5.32 Å². The standard InChI is InChI=1S/C25H22B4FN3O13/c26-20(37)16(17(34)31-19(36)21(20,27)38)32-8-13-12(18(32)35)2-1-3-15(13)45-9-11-5-4-10(6-14(11)30)7-33-22(28,29)24(41,42)46-25(43,44)23(33,39)40/h1-6,16,37-44H,7-9H2,(H,31,34,36). The Morgan fingerprint density at radius 3 is 2.24 bits per heavy atom. The molecule has 8 radical (unpaired) electrons. The van der Waals surface area contributed by atoms with Crippen LogP contribution in [0.15, 0.2) is 36.4 Å². The molecule has 2 saturated heterocycles. The van der Waals surface area contributed by atoms with Crippen molar-refractivity contribution < 1.29 is 69.1 Å². The largest absolute Gasteiger partial charge is 0.488 e. The average Bonchev–Trinajstić information content (AvgIpc) is 3.25. The molecule has 21 heteroatoms. The van der Waals surface area contributed by atoms with Crippen LogP contribution < -0.4 is 10.1 Å². The van der Waals surface area contributed by atoms with Crippen molar-refractivity contribution in [3.8, 4) is 5.75 Å². The molecule has 3 amide bonds. The first-order valence-electron chi connectivity index (χ1n) is 13.1. The van der Waals surface area contributed by atoms with Crippen molar-refractivity contribution in [2.75, 3.05) is 0 Å². The molecule has 0 aliphatic carbocycles. The summed E-state index contributed by atoms with van der Waals surface area (Å²) in [7, 11) is 22.4. The molecular weight excluding hydrogens is 613 g/mol. The van der Waals surface area contributed by atoms with Crippen LogP contribution in [0.2, 0.25) is 0 Å². The molecule has 0 saturated carbocycles. The first-order valence-corrected chi connectivity index (χ1v) is 13.1. The number of aliphatic hydroxyl groups is 8. The van der Waals surface area contributed by atoms with Crippen molar-refractivity contribution in [1.82, 2.24) is 15.1 Å². The number of hydrogen-bond acceptors (Lipinski definition) is 14. The highest BCUT2D eigenvalue weighted by molar-refractivity contribution is 6.41. The molecule has 0 spiro atoms. The van der Waals surface area contributed by atoms with Gasteiger partial charge in [0.2, 0.25) is 0 Å². The molecule has 3 aliphatic heterocycles. The third-order valence-corrected chi connectivity index (χ3v) is 8.03. The van der Waals surface area contributed by atoms with Gasteiger partial charge in [-0.2, -0.15) is 0 Å². The minimum atomic E-state index is -4.02.